The molecule has 0 bridgehead atoms. The Morgan fingerprint density at radius 2 is 1.73 bits per heavy atom. The zero-order chi connectivity index (χ0) is 18.7. The van der Waals surface area contributed by atoms with Gasteiger partial charge in [-0.2, -0.15) is 0 Å². The number of halogens is 1. The highest BCUT2D eigenvalue weighted by molar-refractivity contribution is 5.83. The lowest BCUT2D eigenvalue weighted by Gasteiger charge is -2.42. The quantitative estimate of drug-likeness (QED) is 0.887. The molecule has 2 fully saturated rings. The normalized spacial score (nSPS) is 22.0. The smallest absolute Gasteiger partial charge is 0.244 e. The molecule has 2 aliphatic rings. The van der Waals surface area contributed by atoms with Gasteiger partial charge in [-0.3, -0.25) is 9.69 Å². The van der Waals surface area contributed by atoms with E-state index in [0.29, 0.717) is 24.7 Å². The highest BCUT2D eigenvalue weighted by atomic mass is 19.1. The lowest BCUT2D eigenvalue weighted by atomic mass is 9.97. The van der Waals surface area contributed by atoms with E-state index in [1.807, 2.05) is 19.0 Å². The van der Waals surface area contributed by atoms with E-state index in [4.69, 9.17) is 0 Å². The summed E-state index contributed by atoms with van der Waals surface area (Å²) in [6.07, 6.45) is 3.41. The van der Waals surface area contributed by atoms with E-state index in [2.05, 4.69) is 4.90 Å². The van der Waals surface area contributed by atoms with Gasteiger partial charge >= 0.3 is 0 Å². The first-order valence-electron chi connectivity index (χ1n) is 9.59. The van der Waals surface area contributed by atoms with Crippen LogP contribution in [0.5, 0.6) is 0 Å². The van der Waals surface area contributed by atoms with Gasteiger partial charge in [-0.25, -0.2) is 4.39 Å². The summed E-state index contributed by atoms with van der Waals surface area (Å²) in [5.41, 5.74) is 0.439. The van der Waals surface area contributed by atoms with Crippen molar-refractivity contribution in [1.82, 2.24) is 14.7 Å². The maximum absolute atomic E-state index is 14.2. The second-order valence-corrected chi connectivity index (χ2v) is 7.71. The van der Waals surface area contributed by atoms with E-state index in [9.17, 15) is 14.3 Å². The number of hydrogen-bond donors (Lipinski definition) is 1. The summed E-state index contributed by atoms with van der Waals surface area (Å²) in [5.74, 6) is -0.353. The highest BCUT2D eigenvalue weighted by Gasteiger charge is 2.34. The second kappa shape index (κ2) is 8.46. The van der Waals surface area contributed by atoms with E-state index in [-0.39, 0.29) is 17.8 Å². The molecule has 144 valence electrons. The van der Waals surface area contributed by atoms with Gasteiger partial charge in [0.05, 0.1) is 6.10 Å². The van der Waals surface area contributed by atoms with Gasteiger partial charge in [0.25, 0.3) is 0 Å². The first-order valence-corrected chi connectivity index (χ1v) is 9.59. The third-order valence-electron chi connectivity index (χ3n) is 5.74. The Labute approximate surface area is 155 Å². The van der Waals surface area contributed by atoms with Crippen LogP contribution in [0, 0.1) is 5.82 Å². The summed E-state index contributed by atoms with van der Waals surface area (Å²) >= 11 is 0. The van der Waals surface area contributed by atoms with Crippen LogP contribution in [0.3, 0.4) is 0 Å². The molecule has 3 rings (SSSR count). The molecule has 1 unspecified atom stereocenters. The molecule has 1 amide bonds. The number of aliphatic hydroxyl groups excluding tert-OH is 1. The van der Waals surface area contributed by atoms with Crippen LogP contribution < -0.4 is 0 Å². The van der Waals surface area contributed by atoms with E-state index in [1.54, 1.807) is 23.1 Å². The maximum Gasteiger partial charge on any atom is 0.244 e. The van der Waals surface area contributed by atoms with Crippen molar-refractivity contribution in [1.29, 1.82) is 0 Å². The molecule has 0 aliphatic carbocycles. The Balaban J connectivity index is 1.62. The fraction of sp³-hybridized carbons (Fsp3) is 0.650. The van der Waals surface area contributed by atoms with Gasteiger partial charge in [0.1, 0.15) is 11.9 Å². The number of likely N-dealkylation sites (N-methyl/N-ethyl adjacent to an activating group) is 1. The van der Waals surface area contributed by atoms with Crippen LogP contribution in [0.1, 0.15) is 37.3 Å². The highest BCUT2D eigenvalue weighted by Crippen LogP contribution is 2.27. The van der Waals surface area contributed by atoms with E-state index in [1.165, 1.54) is 6.07 Å². The van der Waals surface area contributed by atoms with Crippen LogP contribution in [-0.4, -0.2) is 78.1 Å². The standard InChI is InChI=1S/C20H30FN3O2/c1-22(2)19(17-5-3-4-6-18(17)21)20(26)24-11-7-15(8-12-24)23-13-9-16(25)10-14-23/h3-6,15-16,19,25H,7-14H2,1-2H3. The number of aliphatic hydroxyl groups is 1. The van der Waals surface area contributed by atoms with Crippen molar-refractivity contribution in [2.45, 2.75) is 43.9 Å². The number of amides is 1. The Morgan fingerprint density at radius 1 is 1.12 bits per heavy atom. The van der Waals surface area contributed by atoms with Crippen molar-refractivity contribution in [3.8, 4) is 0 Å². The largest absolute Gasteiger partial charge is 0.393 e. The van der Waals surface area contributed by atoms with E-state index >= 15 is 0 Å². The predicted octanol–water partition coefficient (Wildman–Crippen LogP) is 1.88. The zero-order valence-electron chi connectivity index (χ0n) is 15.8. The molecular formula is C20H30FN3O2. The average molecular weight is 363 g/mol. The van der Waals surface area contributed by atoms with Gasteiger partial charge in [0.2, 0.25) is 5.91 Å². The zero-order valence-corrected chi connectivity index (χ0v) is 15.8. The number of carbonyl (C=O) groups is 1. The molecule has 0 aromatic heterocycles. The lowest BCUT2D eigenvalue weighted by molar-refractivity contribution is -0.138. The Kier molecular flexibility index (Phi) is 6.27. The number of hydrogen-bond acceptors (Lipinski definition) is 4. The molecule has 0 spiro atoms. The monoisotopic (exact) mass is 363 g/mol. The summed E-state index contributed by atoms with van der Waals surface area (Å²) < 4.78 is 14.2. The van der Waals surface area contributed by atoms with Gasteiger partial charge in [-0.1, -0.05) is 18.2 Å². The molecule has 1 aromatic carbocycles. The SMILES string of the molecule is CN(C)C(C(=O)N1CCC(N2CCC(O)CC2)CC1)c1ccccc1F. The van der Waals surface area contributed by atoms with Crippen LogP contribution in [0.4, 0.5) is 4.39 Å². The van der Waals surface area contributed by atoms with Crippen molar-refractivity contribution in [3.05, 3.63) is 35.6 Å². The molecule has 26 heavy (non-hydrogen) atoms. The third kappa shape index (κ3) is 4.24. The van der Waals surface area contributed by atoms with Crippen LogP contribution in [0.15, 0.2) is 24.3 Å². The van der Waals surface area contributed by atoms with Gasteiger partial charge in [-0.15, -0.1) is 0 Å². The van der Waals surface area contributed by atoms with Gasteiger partial charge in [0.15, 0.2) is 0 Å². The predicted molar refractivity (Wildman–Crippen MR) is 99.2 cm³/mol. The fourth-order valence-electron chi connectivity index (χ4n) is 4.20. The van der Waals surface area contributed by atoms with Crippen molar-refractivity contribution in [2.24, 2.45) is 0 Å². The molecule has 2 saturated heterocycles. The molecule has 1 atom stereocenters. The molecule has 2 heterocycles. The third-order valence-corrected chi connectivity index (χ3v) is 5.74. The lowest BCUT2D eigenvalue weighted by Crippen LogP contribution is -2.51. The molecule has 5 nitrogen and oxygen atoms in total. The maximum atomic E-state index is 14.2. The number of likely N-dealkylation sites (tertiary alicyclic amines) is 2. The minimum Gasteiger partial charge on any atom is -0.393 e. The van der Waals surface area contributed by atoms with Crippen molar-refractivity contribution in [3.63, 3.8) is 0 Å². The molecule has 0 radical (unpaired) electrons. The number of rotatable bonds is 4. The molecular weight excluding hydrogens is 333 g/mol. The fourth-order valence-corrected chi connectivity index (χ4v) is 4.20. The Bertz CT molecular complexity index is 609. The number of benzene rings is 1. The Hall–Kier alpha value is -1.50. The van der Waals surface area contributed by atoms with Crippen molar-refractivity contribution < 1.29 is 14.3 Å². The van der Waals surface area contributed by atoms with Crippen LogP contribution in [0.25, 0.3) is 0 Å². The molecule has 1 aromatic rings. The number of carbonyl (C=O) groups excluding carboxylic acids is 1. The van der Waals surface area contributed by atoms with Crippen molar-refractivity contribution in [2.75, 3.05) is 40.3 Å². The summed E-state index contributed by atoms with van der Waals surface area (Å²) in [5, 5.41) is 9.67. The molecule has 6 heteroatoms. The minimum absolute atomic E-state index is 0.0207. The van der Waals surface area contributed by atoms with Gasteiger partial charge in [-0.05, 0) is 45.8 Å². The minimum atomic E-state index is -0.585. The van der Waals surface area contributed by atoms with Crippen LogP contribution in [0.2, 0.25) is 0 Å². The Morgan fingerprint density at radius 3 is 2.31 bits per heavy atom. The number of piperidine rings is 2. The second-order valence-electron chi connectivity index (χ2n) is 7.71. The number of nitrogens with zero attached hydrogens (tertiary/aromatic N) is 3. The van der Waals surface area contributed by atoms with Gasteiger partial charge < -0.3 is 14.9 Å². The average Bonchev–Trinajstić information content (AvgIpc) is 2.64. The molecule has 2 aliphatic heterocycles. The summed E-state index contributed by atoms with van der Waals surface area (Å²) in [4.78, 5) is 19.2. The summed E-state index contributed by atoms with van der Waals surface area (Å²) in [6, 6.07) is 6.44. The summed E-state index contributed by atoms with van der Waals surface area (Å²) in [7, 11) is 3.64. The van der Waals surface area contributed by atoms with Crippen molar-refractivity contribution >= 4 is 5.91 Å². The van der Waals surface area contributed by atoms with E-state index < -0.39 is 6.04 Å². The molecule has 1 N–H and O–H groups in total. The van der Waals surface area contributed by atoms with Crippen LogP contribution >= 0.6 is 0 Å². The topological polar surface area (TPSA) is 47.0 Å². The first-order chi connectivity index (χ1) is 12.5. The van der Waals surface area contributed by atoms with Gasteiger partial charge in [0, 0.05) is 37.8 Å². The van der Waals surface area contributed by atoms with E-state index in [0.717, 1.165) is 38.8 Å². The summed E-state index contributed by atoms with van der Waals surface area (Å²) in [6.45, 7) is 3.30. The molecule has 0 saturated carbocycles. The van der Waals surface area contributed by atoms with Crippen LogP contribution in [-0.2, 0) is 4.79 Å². The first kappa shape index (κ1) is 19.3.